The van der Waals surface area contributed by atoms with Crippen LogP contribution in [0.5, 0.6) is 0 Å². The fraction of sp³-hybridized carbons (Fsp3) is 0.450. The second-order valence-electron chi connectivity index (χ2n) is 7.10. The number of nitrogens with zero attached hydrogens (tertiary/aromatic N) is 4. The van der Waals surface area contributed by atoms with Crippen LogP contribution in [0.2, 0.25) is 0 Å². The molecule has 142 valence electrons. The highest BCUT2D eigenvalue weighted by Gasteiger charge is 2.18. The molecule has 27 heavy (non-hydrogen) atoms. The van der Waals surface area contributed by atoms with Crippen molar-refractivity contribution >= 4 is 16.9 Å². The second-order valence-corrected chi connectivity index (χ2v) is 7.10. The summed E-state index contributed by atoms with van der Waals surface area (Å²) >= 11 is 0. The lowest BCUT2D eigenvalue weighted by molar-refractivity contribution is 0.160. The average Bonchev–Trinajstić information content (AvgIpc) is 3.12. The van der Waals surface area contributed by atoms with Crippen LogP contribution in [0.4, 0.5) is 10.2 Å². The minimum absolute atomic E-state index is 0.284. The lowest BCUT2D eigenvalue weighted by atomic mass is 10.0. The van der Waals surface area contributed by atoms with Crippen LogP contribution >= 0.6 is 0 Å². The first kappa shape index (κ1) is 17.9. The summed E-state index contributed by atoms with van der Waals surface area (Å²) in [7, 11) is 0. The molecule has 0 unspecified atom stereocenters. The molecule has 1 aliphatic heterocycles. The minimum atomic E-state index is -0.284. The Morgan fingerprint density at radius 3 is 2.89 bits per heavy atom. The van der Waals surface area contributed by atoms with E-state index in [1.807, 2.05) is 0 Å². The maximum Gasteiger partial charge on any atom is 0.263 e. The van der Waals surface area contributed by atoms with Gasteiger partial charge in [0.1, 0.15) is 29.0 Å². The maximum absolute atomic E-state index is 13.2. The van der Waals surface area contributed by atoms with Crippen molar-refractivity contribution in [2.24, 2.45) is 0 Å². The van der Waals surface area contributed by atoms with E-state index in [9.17, 15) is 4.39 Å². The first-order valence-electron chi connectivity index (χ1n) is 9.56. The molecule has 3 heterocycles. The Hall–Kier alpha value is -2.54. The fourth-order valence-corrected chi connectivity index (χ4v) is 3.70. The van der Waals surface area contributed by atoms with E-state index in [1.54, 1.807) is 12.1 Å². The lowest BCUT2D eigenvalue weighted by Gasteiger charge is -2.33. The molecule has 1 fully saturated rings. The Balaban J connectivity index is 1.47. The van der Waals surface area contributed by atoms with E-state index in [0.717, 1.165) is 30.5 Å². The molecule has 1 N–H and O–H groups in total. The molecular formula is C20H24FN5O. The Morgan fingerprint density at radius 1 is 1.22 bits per heavy atom. The van der Waals surface area contributed by atoms with Gasteiger partial charge in [0.25, 0.3) is 5.71 Å². The Morgan fingerprint density at radius 2 is 2.07 bits per heavy atom. The monoisotopic (exact) mass is 369 g/mol. The van der Waals surface area contributed by atoms with Crippen molar-refractivity contribution in [3.63, 3.8) is 0 Å². The summed E-state index contributed by atoms with van der Waals surface area (Å²) in [5, 5.41) is 8.25. The first-order valence-corrected chi connectivity index (χ1v) is 9.56. The van der Waals surface area contributed by atoms with E-state index in [4.69, 9.17) is 4.52 Å². The predicted octanol–water partition coefficient (Wildman–Crippen LogP) is 4.10. The number of anilines is 1. The SMILES string of the molecule is C[C@@H]1CCCCN1CCCNc1ncnc2onc(-c3ccc(F)cc3)c12. The topological polar surface area (TPSA) is 67.1 Å². The zero-order valence-corrected chi connectivity index (χ0v) is 15.5. The molecule has 0 spiro atoms. The van der Waals surface area contributed by atoms with Crippen molar-refractivity contribution in [1.29, 1.82) is 0 Å². The average molecular weight is 369 g/mol. The number of likely N-dealkylation sites (tertiary alicyclic amines) is 1. The number of hydrogen-bond donors (Lipinski definition) is 1. The Kier molecular flexibility index (Phi) is 5.29. The van der Waals surface area contributed by atoms with Crippen molar-refractivity contribution in [1.82, 2.24) is 20.0 Å². The largest absolute Gasteiger partial charge is 0.369 e. The van der Waals surface area contributed by atoms with Gasteiger partial charge in [-0.15, -0.1) is 0 Å². The summed E-state index contributed by atoms with van der Waals surface area (Å²) in [6.45, 7) is 5.40. The van der Waals surface area contributed by atoms with Crippen molar-refractivity contribution in [2.45, 2.75) is 38.6 Å². The van der Waals surface area contributed by atoms with E-state index in [0.29, 0.717) is 23.3 Å². The first-order chi connectivity index (χ1) is 13.2. The Bertz CT molecular complexity index is 895. The van der Waals surface area contributed by atoms with Crippen LogP contribution in [0, 0.1) is 5.82 Å². The number of halogens is 1. The van der Waals surface area contributed by atoms with E-state index in [1.165, 1.54) is 44.3 Å². The molecule has 1 aromatic carbocycles. The predicted molar refractivity (Wildman–Crippen MR) is 103 cm³/mol. The lowest BCUT2D eigenvalue weighted by Crippen LogP contribution is -2.38. The number of nitrogens with one attached hydrogen (secondary N) is 1. The van der Waals surface area contributed by atoms with Gasteiger partial charge in [-0.3, -0.25) is 0 Å². The van der Waals surface area contributed by atoms with Gasteiger partial charge < -0.3 is 14.7 Å². The molecule has 0 aliphatic carbocycles. The van der Waals surface area contributed by atoms with Crippen LogP contribution in [-0.2, 0) is 0 Å². The van der Waals surface area contributed by atoms with Crippen LogP contribution < -0.4 is 5.32 Å². The fourth-order valence-electron chi connectivity index (χ4n) is 3.70. The third-order valence-corrected chi connectivity index (χ3v) is 5.25. The zero-order chi connectivity index (χ0) is 18.6. The van der Waals surface area contributed by atoms with Crippen molar-refractivity contribution in [3.8, 4) is 11.3 Å². The van der Waals surface area contributed by atoms with Crippen molar-refractivity contribution in [3.05, 3.63) is 36.4 Å². The van der Waals surface area contributed by atoms with Gasteiger partial charge in [-0.25, -0.2) is 9.37 Å². The third kappa shape index (κ3) is 3.93. The van der Waals surface area contributed by atoms with E-state index in [2.05, 4.69) is 32.3 Å². The molecule has 0 saturated carbocycles. The molecule has 2 aromatic heterocycles. The van der Waals surface area contributed by atoms with Gasteiger partial charge in [0.2, 0.25) is 0 Å². The smallest absolute Gasteiger partial charge is 0.263 e. The molecule has 0 radical (unpaired) electrons. The van der Waals surface area contributed by atoms with E-state index >= 15 is 0 Å². The number of hydrogen-bond acceptors (Lipinski definition) is 6. The van der Waals surface area contributed by atoms with Crippen LogP contribution in [-0.4, -0.2) is 45.7 Å². The molecular weight excluding hydrogens is 345 g/mol. The van der Waals surface area contributed by atoms with Gasteiger partial charge in [0, 0.05) is 24.7 Å². The summed E-state index contributed by atoms with van der Waals surface area (Å²) in [6, 6.07) is 6.86. The molecule has 6 nitrogen and oxygen atoms in total. The highest BCUT2D eigenvalue weighted by molar-refractivity contribution is 5.97. The molecule has 1 atom stereocenters. The Labute approximate surface area is 157 Å². The number of rotatable bonds is 6. The van der Waals surface area contributed by atoms with Gasteiger partial charge in [-0.1, -0.05) is 11.6 Å². The molecule has 1 saturated heterocycles. The summed E-state index contributed by atoms with van der Waals surface area (Å²) < 4.78 is 18.6. The normalized spacial score (nSPS) is 18.1. The van der Waals surface area contributed by atoms with Gasteiger partial charge in [-0.05, 0) is 57.0 Å². The molecule has 0 bridgehead atoms. The standard InChI is InChI=1S/C20H24FN5O/c1-14-5-2-3-11-26(14)12-4-10-22-19-17-18(15-6-8-16(21)9-7-15)25-27-20(17)24-13-23-19/h6-9,13-14H,2-5,10-12H2,1H3,(H,22,23,24)/t14-/m1/s1. The molecule has 1 aliphatic rings. The molecule has 3 aromatic rings. The highest BCUT2D eigenvalue weighted by Crippen LogP contribution is 2.31. The molecule has 0 amide bonds. The van der Waals surface area contributed by atoms with Crippen LogP contribution in [0.25, 0.3) is 22.4 Å². The van der Waals surface area contributed by atoms with Crippen molar-refractivity contribution < 1.29 is 8.91 Å². The van der Waals surface area contributed by atoms with Gasteiger partial charge in [-0.2, -0.15) is 4.98 Å². The number of benzene rings is 1. The van der Waals surface area contributed by atoms with Gasteiger partial charge in [0.15, 0.2) is 0 Å². The maximum atomic E-state index is 13.2. The van der Waals surface area contributed by atoms with Crippen LogP contribution in [0.15, 0.2) is 35.1 Å². The molecule has 4 rings (SSSR count). The van der Waals surface area contributed by atoms with Gasteiger partial charge >= 0.3 is 0 Å². The number of piperidine rings is 1. The summed E-state index contributed by atoms with van der Waals surface area (Å²) in [6.07, 6.45) is 6.44. The summed E-state index contributed by atoms with van der Waals surface area (Å²) in [5.41, 5.74) is 1.82. The van der Waals surface area contributed by atoms with Crippen LogP contribution in [0.3, 0.4) is 0 Å². The number of aromatic nitrogens is 3. The van der Waals surface area contributed by atoms with Crippen molar-refractivity contribution in [2.75, 3.05) is 25.0 Å². The second kappa shape index (κ2) is 8.00. The quantitative estimate of drug-likeness (QED) is 0.660. The minimum Gasteiger partial charge on any atom is -0.369 e. The van der Waals surface area contributed by atoms with Gasteiger partial charge in [0.05, 0.1) is 0 Å². The zero-order valence-electron chi connectivity index (χ0n) is 15.5. The van der Waals surface area contributed by atoms with E-state index in [-0.39, 0.29) is 5.82 Å². The summed E-state index contributed by atoms with van der Waals surface area (Å²) in [5.74, 6) is 0.417. The van der Waals surface area contributed by atoms with Crippen LogP contribution in [0.1, 0.15) is 32.6 Å². The number of fused-ring (bicyclic) bond motifs is 1. The summed E-state index contributed by atoms with van der Waals surface area (Å²) in [4.78, 5) is 11.1. The molecule has 7 heteroatoms. The highest BCUT2D eigenvalue weighted by atomic mass is 19.1. The third-order valence-electron chi connectivity index (χ3n) is 5.25. The van der Waals surface area contributed by atoms with E-state index < -0.39 is 0 Å².